The molecule has 0 radical (unpaired) electrons. The lowest BCUT2D eigenvalue weighted by Crippen LogP contribution is -2.45. The van der Waals surface area contributed by atoms with Gasteiger partial charge in [0.2, 0.25) is 0 Å². The zero-order chi connectivity index (χ0) is 22.3. The van der Waals surface area contributed by atoms with Crippen LogP contribution in [-0.2, 0) is 22.6 Å². The van der Waals surface area contributed by atoms with E-state index >= 15 is 0 Å². The highest BCUT2D eigenvalue weighted by Crippen LogP contribution is 2.62. The van der Waals surface area contributed by atoms with Gasteiger partial charge in [0.05, 0.1) is 7.11 Å². The first-order valence-corrected chi connectivity index (χ1v) is 12.0. The van der Waals surface area contributed by atoms with Crippen molar-refractivity contribution in [1.82, 2.24) is 0 Å². The minimum Gasteiger partial charge on any atom is -0.493 e. The molecule has 170 valence electrons. The van der Waals surface area contributed by atoms with Gasteiger partial charge in [-0.05, 0) is 85.1 Å². The van der Waals surface area contributed by atoms with E-state index in [-0.39, 0.29) is 17.5 Å². The predicted molar refractivity (Wildman–Crippen MR) is 124 cm³/mol. The number of fused-ring (bicyclic) bond motifs is 5. The summed E-state index contributed by atoms with van der Waals surface area (Å²) < 4.78 is 17.7. The van der Waals surface area contributed by atoms with E-state index < -0.39 is 0 Å². The van der Waals surface area contributed by atoms with Crippen LogP contribution >= 0.6 is 0 Å². The highest BCUT2D eigenvalue weighted by atomic mass is 16.5. The first kappa shape index (κ1) is 21.4. The van der Waals surface area contributed by atoms with Gasteiger partial charge in [-0.2, -0.15) is 0 Å². The van der Waals surface area contributed by atoms with Gasteiger partial charge < -0.3 is 14.2 Å². The molecule has 5 atom stereocenters. The van der Waals surface area contributed by atoms with Crippen LogP contribution in [0.2, 0.25) is 0 Å². The van der Waals surface area contributed by atoms with Gasteiger partial charge in [-0.15, -0.1) is 0 Å². The molecule has 2 aromatic carbocycles. The Kier molecular flexibility index (Phi) is 5.65. The maximum absolute atomic E-state index is 11.7. The Labute approximate surface area is 191 Å². The van der Waals surface area contributed by atoms with Crippen LogP contribution in [0.15, 0.2) is 42.5 Å². The van der Waals surface area contributed by atoms with Gasteiger partial charge in [0.15, 0.2) is 11.5 Å². The van der Waals surface area contributed by atoms with Crippen LogP contribution in [0, 0.1) is 17.3 Å². The fourth-order valence-corrected chi connectivity index (χ4v) is 6.93. The molecule has 2 aromatic rings. The first-order chi connectivity index (χ1) is 15.5. The standard InChI is InChI=1S/C28H34O4/c1-18(29)32-27-12-11-24-22-10-9-20-15-26(31-17-19-7-5-4-6-8-19)25(30-3)16-23(20)21(22)13-14-28(24,27)2/h4-8,15-16,21-22,24,27H,9-14,17H2,1-3H3/t21?,22?,24?,27-,28-/m0/s1. The minimum atomic E-state index is -0.138. The lowest BCUT2D eigenvalue weighted by molar-refractivity contribution is -0.154. The summed E-state index contributed by atoms with van der Waals surface area (Å²) >= 11 is 0. The number of ether oxygens (including phenoxy) is 3. The average molecular weight is 435 g/mol. The Hall–Kier alpha value is -2.49. The van der Waals surface area contributed by atoms with Crippen molar-refractivity contribution in [1.29, 1.82) is 0 Å². The van der Waals surface area contributed by atoms with E-state index in [0.717, 1.165) is 42.7 Å². The van der Waals surface area contributed by atoms with Crippen LogP contribution in [-0.4, -0.2) is 19.2 Å². The van der Waals surface area contributed by atoms with Crippen molar-refractivity contribution in [2.45, 2.75) is 71.0 Å². The maximum atomic E-state index is 11.7. The van der Waals surface area contributed by atoms with Crippen molar-refractivity contribution in [3.8, 4) is 11.5 Å². The quantitative estimate of drug-likeness (QED) is 0.537. The van der Waals surface area contributed by atoms with Crippen LogP contribution in [0.4, 0.5) is 0 Å². The van der Waals surface area contributed by atoms with E-state index in [2.05, 4.69) is 31.2 Å². The van der Waals surface area contributed by atoms with Gasteiger partial charge >= 0.3 is 5.97 Å². The molecule has 0 spiro atoms. The van der Waals surface area contributed by atoms with Gasteiger partial charge in [-0.1, -0.05) is 37.3 Å². The first-order valence-electron chi connectivity index (χ1n) is 12.0. The number of aryl methyl sites for hydroxylation is 1. The summed E-state index contributed by atoms with van der Waals surface area (Å²) in [6.45, 7) is 4.45. The van der Waals surface area contributed by atoms with Gasteiger partial charge in [-0.3, -0.25) is 4.79 Å². The maximum Gasteiger partial charge on any atom is 0.302 e. The second kappa shape index (κ2) is 8.46. The molecule has 0 bridgehead atoms. The third kappa shape index (κ3) is 3.68. The molecule has 0 amide bonds. The molecule has 3 unspecified atom stereocenters. The molecule has 0 saturated heterocycles. The average Bonchev–Trinajstić information content (AvgIpc) is 3.13. The number of carbonyl (C=O) groups excluding carboxylic acids is 1. The summed E-state index contributed by atoms with van der Waals surface area (Å²) in [7, 11) is 1.73. The SMILES string of the molecule is COc1cc2c(cc1OCc1ccccc1)CCC1C2CC[C@@]2(C)C1CC[C@@H]2OC(C)=O. The summed E-state index contributed by atoms with van der Waals surface area (Å²) in [6, 6.07) is 14.7. The number of esters is 1. The number of hydrogen-bond donors (Lipinski definition) is 0. The van der Waals surface area contributed by atoms with Gasteiger partial charge in [-0.25, -0.2) is 0 Å². The number of benzene rings is 2. The molecule has 2 fully saturated rings. The highest BCUT2D eigenvalue weighted by molar-refractivity contribution is 5.66. The van der Waals surface area contributed by atoms with Gasteiger partial charge in [0.25, 0.3) is 0 Å². The third-order valence-electron chi connectivity index (χ3n) is 8.47. The summed E-state index contributed by atoms with van der Waals surface area (Å²) in [4.78, 5) is 11.7. The van der Waals surface area contributed by atoms with Crippen LogP contribution in [0.5, 0.6) is 11.5 Å². The van der Waals surface area contributed by atoms with E-state index in [4.69, 9.17) is 14.2 Å². The van der Waals surface area contributed by atoms with E-state index in [0.29, 0.717) is 24.4 Å². The van der Waals surface area contributed by atoms with Gasteiger partial charge in [0.1, 0.15) is 12.7 Å². The minimum absolute atomic E-state index is 0.0793. The molecular weight excluding hydrogens is 400 g/mol. The Morgan fingerprint density at radius 2 is 1.88 bits per heavy atom. The number of methoxy groups -OCH3 is 1. The lowest BCUT2D eigenvalue weighted by Gasteiger charge is -2.50. The molecule has 2 saturated carbocycles. The molecule has 0 N–H and O–H groups in total. The summed E-state index contributed by atoms with van der Waals surface area (Å²) in [5.74, 6) is 3.37. The zero-order valence-electron chi connectivity index (χ0n) is 19.4. The summed E-state index contributed by atoms with van der Waals surface area (Å²) in [5.41, 5.74) is 4.13. The molecule has 32 heavy (non-hydrogen) atoms. The molecule has 4 nitrogen and oxygen atoms in total. The van der Waals surface area contributed by atoms with Crippen LogP contribution in [0.1, 0.15) is 68.6 Å². The molecule has 5 rings (SSSR count). The summed E-state index contributed by atoms with van der Waals surface area (Å²) in [5, 5.41) is 0. The summed E-state index contributed by atoms with van der Waals surface area (Å²) in [6.07, 6.45) is 6.80. The second-order valence-corrected chi connectivity index (χ2v) is 10.1. The van der Waals surface area contributed by atoms with Crippen molar-refractivity contribution >= 4 is 5.97 Å². The Morgan fingerprint density at radius 1 is 1.06 bits per heavy atom. The Balaban J connectivity index is 1.38. The van der Waals surface area contributed by atoms with Crippen molar-refractivity contribution in [2.24, 2.45) is 17.3 Å². The number of carbonyl (C=O) groups is 1. The van der Waals surface area contributed by atoms with Crippen LogP contribution in [0.3, 0.4) is 0 Å². The molecule has 0 heterocycles. The highest BCUT2D eigenvalue weighted by Gasteiger charge is 2.56. The number of hydrogen-bond acceptors (Lipinski definition) is 4. The van der Waals surface area contributed by atoms with Crippen molar-refractivity contribution < 1.29 is 19.0 Å². The Morgan fingerprint density at radius 3 is 2.62 bits per heavy atom. The fraction of sp³-hybridized carbons (Fsp3) is 0.536. The van der Waals surface area contributed by atoms with Crippen LogP contribution in [0.25, 0.3) is 0 Å². The van der Waals surface area contributed by atoms with E-state index in [9.17, 15) is 4.79 Å². The molecule has 3 aliphatic carbocycles. The molecule has 4 heteroatoms. The molecule has 0 aliphatic heterocycles. The van der Waals surface area contributed by atoms with E-state index in [1.807, 2.05) is 18.2 Å². The van der Waals surface area contributed by atoms with E-state index in [1.165, 1.54) is 24.0 Å². The smallest absolute Gasteiger partial charge is 0.302 e. The number of rotatable bonds is 5. The normalized spacial score (nSPS) is 30.6. The van der Waals surface area contributed by atoms with Gasteiger partial charge in [0, 0.05) is 12.3 Å². The van der Waals surface area contributed by atoms with Crippen molar-refractivity contribution in [2.75, 3.05) is 7.11 Å². The predicted octanol–water partition coefficient (Wildman–Crippen LogP) is 6.06. The van der Waals surface area contributed by atoms with Crippen LogP contribution < -0.4 is 9.47 Å². The monoisotopic (exact) mass is 434 g/mol. The Bertz CT molecular complexity index is 984. The zero-order valence-corrected chi connectivity index (χ0v) is 19.4. The lowest BCUT2D eigenvalue weighted by atomic mass is 9.55. The molecule has 0 aromatic heterocycles. The van der Waals surface area contributed by atoms with Crippen molar-refractivity contribution in [3.63, 3.8) is 0 Å². The second-order valence-electron chi connectivity index (χ2n) is 10.1. The largest absolute Gasteiger partial charge is 0.493 e. The van der Waals surface area contributed by atoms with E-state index in [1.54, 1.807) is 14.0 Å². The topological polar surface area (TPSA) is 44.8 Å². The molecular formula is C28H34O4. The van der Waals surface area contributed by atoms with Crippen molar-refractivity contribution in [3.05, 3.63) is 59.2 Å². The third-order valence-corrected chi connectivity index (χ3v) is 8.47. The molecule has 3 aliphatic rings. The fourth-order valence-electron chi connectivity index (χ4n) is 6.93.